The van der Waals surface area contributed by atoms with Crippen LogP contribution in [-0.2, 0) is 4.79 Å². The van der Waals surface area contributed by atoms with Gasteiger partial charge < -0.3 is 5.32 Å². The minimum Gasteiger partial charge on any atom is -0.323 e. The molecule has 0 aliphatic carbocycles. The molecule has 0 aliphatic rings. The molecule has 1 aromatic carbocycles. The third-order valence-electron chi connectivity index (χ3n) is 2.72. The number of hydrogen-bond acceptors (Lipinski definition) is 2. The summed E-state index contributed by atoms with van der Waals surface area (Å²) < 4.78 is 13.3. The highest BCUT2D eigenvalue weighted by Gasteiger charge is 2.16. The molecule has 0 aliphatic heterocycles. The summed E-state index contributed by atoms with van der Waals surface area (Å²) in [5.41, 5.74) is 1.04. The van der Waals surface area contributed by atoms with Crippen molar-refractivity contribution in [3.8, 4) is 0 Å². The van der Waals surface area contributed by atoms with Gasteiger partial charge in [0.25, 0.3) is 0 Å². The number of anilines is 1. The number of pyridine rings is 1. The molecule has 0 unspecified atom stereocenters. The Morgan fingerprint density at radius 3 is 2.67 bits per heavy atom. The zero-order chi connectivity index (χ0) is 13.0. The molecule has 0 radical (unpaired) electrons. The Morgan fingerprint density at radius 2 is 2.00 bits per heavy atom. The van der Waals surface area contributed by atoms with Crippen LogP contribution in [0.4, 0.5) is 10.1 Å². The van der Waals surface area contributed by atoms with Gasteiger partial charge >= 0.3 is 0 Å². The highest BCUT2D eigenvalue weighted by molar-refractivity contribution is 5.95. The van der Waals surface area contributed by atoms with Crippen molar-refractivity contribution < 1.29 is 9.18 Å². The molecule has 18 heavy (non-hydrogen) atoms. The van der Waals surface area contributed by atoms with Crippen molar-refractivity contribution in [3.05, 3.63) is 60.2 Å². The fourth-order valence-electron chi connectivity index (χ4n) is 1.61. The van der Waals surface area contributed by atoms with Gasteiger partial charge in [0.15, 0.2) is 5.82 Å². The van der Waals surface area contributed by atoms with Crippen LogP contribution in [0, 0.1) is 5.82 Å². The highest BCUT2D eigenvalue weighted by Crippen LogP contribution is 2.18. The van der Waals surface area contributed by atoms with Crippen molar-refractivity contribution in [2.75, 3.05) is 5.32 Å². The fraction of sp³-hybridized carbons (Fsp3) is 0.143. The lowest BCUT2D eigenvalue weighted by atomic mass is 10.0. The van der Waals surface area contributed by atoms with E-state index in [0.29, 0.717) is 0 Å². The lowest BCUT2D eigenvalue weighted by Gasteiger charge is -2.12. The highest BCUT2D eigenvalue weighted by atomic mass is 19.1. The molecule has 0 saturated carbocycles. The van der Waals surface area contributed by atoms with E-state index in [1.807, 2.05) is 30.3 Å². The molecular weight excluding hydrogens is 231 g/mol. The van der Waals surface area contributed by atoms with Gasteiger partial charge in [-0.25, -0.2) is 4.39 Å². The number of hydrogen-bond donors (Lipinski definition) is 1. The standard InChI is InChI=1S/C14H13FN2O/c1-10(11-5-3-2-4-6-11)14(18)17-13-7-8-16-9-12(13)15/h2-10H,1H3,(H,16,17,18)/t10-/m0/s1. The molecular formula is C14H13FN2O. The topological polar surface area (TPSA) is 42.0 Å². The van der Waals surface area contributed by atoms with Gasteiger partial charge in [0.1, 0.15) is 0 Å². The van der Waals surface area contributed by atoms with E-state index in [1.54, 1.807) is 6.92 Å². The second kappa shape index (κ2) is 5.40. The third-order valence-corrected chi connectivity index (χ3v) is 2.72. The number of benzene rings is 1. The first kappa shape index (κ1) is 12.2. The van der Waals surface area contributed by atoms with Gasteiger partial charge in [-0.3, -0.25) is 9.78 Å². The van der Waals surface area contributed by atoms with Crippen LogP contribution in [0.25, 0.3) is 0 Å². The zero-order valence-corrected chi connectivity index (χ0v) is 9.93. The van der Waals surface area contributed by atoms with Crippen LogP contribution in [-0.4, -0.2) is 10.9 Å². The summed E-state index contributed by atoms with van der Waals surface area (Å²) in [5.74, 6) is -1.11. The number of carbonyl (C=O) groups excluding carboxylic acids is 1. The van der Waals surface area contributed by atoms with E-state index in [4.69, 9.17) is 0 Å². The summed E-state index contributed by atoms with van der Waals surface area (Å²) in [6.07, 6.45) is 2.51. The Bertz CT molecular complexity index is 543. The summed E-state index contributed by atoms with van der Waals surface area (Å²) >= 11 is 0. The second-order valence-electron chi connectivity index (χ2n) is 3.98. The summed E-state index contributed by atoms with van der Waals surface area (Å²) in [5, 5.41) is 2.55. The molecule has 1 amide bonds. The van der Waals surface area contributed by atoms with Crippen molar-refractivity contribution in [2.24, 2.45) is 0 Å². The van der Waals surface area contributed by atoms with Crippen LogP contribution in [0.3, 0.4) is 0 Å². The van der Waals surface area contributed by atoms with Gasteiger partial charge in [0.2, 0.25) is 5.91 Å². The van der Waals surface area contributed by atoms with Crippen LogP contribution in [0.1, 0.15) is 18.4 Å². The monoisotopic (exact) mass is 244 g/mol. The van der Waals surface area contributed by atoms with Crippen molar-refractivity contribution in [3.63, 3.8) is 0 Å². The molecule has 0 fully saturated rings. The summed E-state index contributed by atoms with van der Waals surface area (Å²) in [6, 6.07) is 10.8. The molecule has 0 bridgehead atoms. The van der Waals surface area contributed by atoms with Crippen molar-refractivity contribution in [2.45, 2.75) is 12.8 Å². The fourth-order valence-corrected chi connectivity index (χ4v) is 1.61. The van der Waals surface area contributed by atoms with Crippen LogP contribution >= 0.6 is 0 Å². The van der Waals surface area contributed by atoms with Gasteiger partial charge in [-0.2, -0.15) is 0 Å². The summed E-state index contributed by atoms with van der Waals surface area (Å²) in [7, 11) is 0. The van der Waals surface area contributed by atoms with E-state index in [-0.39, 0.29) is 17.5 Å². The number of halogens is 1. The van der Waals surface area contributed by atoms with Crippen LogP contribution in [0.2, 0.25) is 0 Å². The normalized spacial score (nSPS) is 11.9. The van der Waals surface area contributed by atoms with Gasteiger partial charge in [0, 0.05) is 6.20 Å². The molecule has 1 N–H and O–H groups in total. The Morgan fingerprint density at radius 1 is 1.28 bits per heavy atom. The molecule has 4 heteroatoms. The number of carbonyl (C=O) groups is 1. The van der Waals surface area contributed by atoms with Gasteiger partial charge in [0.05, 0.1) is 17.8 Å². The van der Waals surface area contributed by atoms with E-state index < -0.39 is 5.82 Å². The average Bonchev–Trinajstić information content (AvgIpc) is 2.41. The average molecular weight is 244 g/mol. The summed E-state index contributed by atoms with van der Waals surface area (Å²) in [4.78, 5) is 15.6. The molecule has 3 nitrogen and oxygen atoms in total. The number of nitrogens with zero attached hydrogens (tertiary/aromatic N) is 1. The lowest BCUT2D eigenvalue weighted by molar-refractivity contribution is -0.117. The number of aromatic nitrogens is 1. The smallest absolute Gasteiger partial charge is 0.231 e. The Kier molecular flexibility index (Phi) is 3.67. The third kappa shape index (κ3) is 2.71. The first-order valence-corrected chi connectivity index (χ1v) is 5.64. The van der Waals surface area contributed by atoms with Gasteiger partial charge in [-0.1, -0.05) is 30.3 Å². The minimum absolute atomic E-state index is 0.151. The minimum atomic E-state index is -0.536. The molecule has 1 heterocycles. The van der Waals surface area contributed by atoms with Gasteiger partial charge in [-0.05, 0) is 18.6 Å². The largest absolute Gasteiger partial charge is 0.323 e. The van der Waals surface area contributed by atoms with Crippen molar-refractivity contribution >= 4 is 11.6 Å². The maximum atomic E-state index is 13.3. The summed E-state index contributed by atoms with van der Waals surface area (Å²) in [6.45, 7) is 1.78. The SMILES string of the molecule is C[C@H](C(=O)Nc1ccncc1F)c1ccccc1. The predicted octanol–water partition coefficient (Wildman–Crippen LogP) is 2.96. The Hall–Kier alpha value is -2.23. The molecule has 0 spiro atoms. The van der Waals surface area contributed by atoms with Gasteiger partial charge in [-0.15, -0.1) is 0 Å². The molecule has 92 valence electrons. The number of amides is 1. The van der Waals surface area contributed by atoms with E-state index in [2.05, 4.69) is 10.3 Å². The number of nitrogens with one attached hydrogen (secondary N) is 1. The molecule has 1 aromatic heterocycles. The predicted molar refractivity (Wildman–Crippen MR) is 67.7 cm³/mol. The van der Waals surface area contributed by atoms with E-state index in [9.17, 15) is 9.18 Å². The molecule has 2 rings (SSSR count). The van der Waals surface area contributed by atoms with Crippen LogP contribution < -0.4 is 5.32 Å². The quantitative estimate of drug-likeness (QED) is 0.901. The lowest BCUT2D eigenvalue weighted by Crippen LogP contribution is -2.19. The van der Waals surface area contributed by atoms with Crippen LogP contribution in [0.15, 0.2) is 48.8 Å². The maximum absolute atomic E-state index is 13.3. The Labute approximate surface area is 105 Å². The van der Waals surface area contributed by atoms with Crippen molar-refractivity contribution in [1.82, 2.24) is 4.98 Å². The van der Waals surface area contributed by atoms with Crippen LogP contribution in [0.5, 0.6) is 0 Å². The Balaban J connectivity index is 2.12. The molecule has 0 saturated heterocycles. The first-order chi connectivity index (χ1) is 8.68. The first-order valence-electron chi connectivity index (χ1n) is 5.64. The van der Waals surface area contributed by atoms with E-state index in [1.165, 1.54) is 12.3 Å². The molecule has 2 aromatic rings. The molecule has 1 atom stereocenters. The number of rotatable bonds is 3. The zero-order valence-electron chi connectivity index (χ0n) is 9.93. The van der Waals surface area contributed by atoms with E-state index >= 15 is 0 Å². The second-order valence-corrected chi connectivity index (χ2v) is 3.98. The van der Waals surface area contributed by atoms with Crippen molar-refractivity contribution in [1.29, 1.82) is 0 Å². The van der Waals surface area contributed by atoms with E-state index in [0.717, 1.165) is 11.8 Å². The maximum Gasteiger partial charge on any atom is 0.231 e.